The third kappa shape index (κ3) is 1.81. The van der Waals surface area contributed by atoms with E-state index in [-0.39, 0.29) is 5.97 Å². The van der Waals surface area contributed by atoms with Crippen molar-refractivity contribution in [3.05, 3.63) is 33.8 Å². The molecule has 2 aromatic heterocycles. The van der Waals surface area contributed by atoms with Gasteiger partial charge in [0.15, 0.2) is 0 Å². The van der Waals surface area contributed by atoms with E-state index in [0.29, 0.717) is 11.5 Å². The fourth-order valence-electron chi connectivity index (χ4n) is 1.99. The smallest absolute Gasteiger partial charge is 0.337 e. The van der Waals surface area contributed by atoms with Gasteiger partial charge in [0, 0.05) is 5.39 Å². The molecule has 0 unspecified atom stereocenters. The lowest BCUT2D eigenvalue weighted by molar-refractivity contribution is 0.0601. The van der Waals surface area contributed by atoms with E-state index in [1.807, 2.05) is 0 Å². The van der Waals surface area contributed by atoms with Crippen molar-refractivity contribution >= 4 is 50.9 Å². The van der Waals surface area contributed by atoms with E-state index >= 15 is 0 Å². The van der Waals surface area contributed by atoms with Gasteiger partial charge in [-0.2, -0.15) is 0 Å². The first kappa shape index (κ1) is 12.2. The number of esters is 1. The van der Waals surface area contributed by atoms with Gasteiger partial charge in [0.1, 0.15) is 10.0 Å². The lowest BCUT2D eigenvalue weighted by Gasteiger charge is -2.06. The monoisotopic (exact) mass is 368 g/mol. The molecule has 0 aliphatic rings. The summed E-state index contributed by atoms with van der Waals surface area (Å²) in [7, 11) is 1.35. The molecule has 19 heavy (non-hydrogen) atoms. The van der Waals surface area contributed by atoms with Crippen LogP contribution in [0.4, 0.5) is 5.95 Å². The Balaban J connectivity index is 2.43. The average molecular weight is 368 g/mol. The average Bonchev–Trinajstić information content (AvgIpc) is 2.81. The Hall–Kier alpha value is -1.90. The number of nitrogens with two attached hydrogens (primary N) is 1. The fraction of sp³-hybridized carbons (Fsp3) is 0.0833. The van der Waals surface area contributed by atoms with E-state index in [9.17, 15) is 4.79 Å². The molecule has 0 amide bonds. The molecule has 2 heterocycles. The van der Waals surface area contributed by atoms with Gasteiger partial charge in [-0.3, -0.25) is 4.40 Å². The number of carbonyl (C=O) groups excluding carboxylic acids is 1. The topological polar surface area (TPSA) is 82.5 Å². The number of imidazole rings is 1. The van der Waals surface area contributed by atoms with E-state index in [1.165, 1.54) is 7.11 Å². The van der Waals surface area contributed by atoms with E-state index in [0.717, 1.165) is 20.1 Å². The predicted octanol–water partition coefficient (Wildman–Crippen LogP) is 1.86. The minimum Gasteiger partial charge on any atom is -0.465 e. The van der Waals surface area contributed by atoms with Crippen LogP contribution in [-0.4, -0.2) is 27.4 Å². The third-order valence-electron chi connectivity index (χ3n) is 2.88. The molecular formula is C12H9IN4O2. The summed E-state index contributed by atoms with van der Waals surface area (Å²) in [5.74, 6) is -0.0184. The van der Waals surface area contributed by atoms with Crippen LogP contribution in [0.15, 0.2) is 24.5 Å². The zero-order valence-electron chi connectivity index (χ0n) is 9.92. The maximum atomic E-state index is 11.6. The molecule has 6 nitrogen and oxygen atoms in total. The van der Waals surface area contributed by atoms with Crippen molar-refractivity contribution in [2.75, 3.05) is 12.8 Å². The van der Waals surface area contributed by atoms with Crippen LogP contribution < -0.4 is 5.73 Å². The molecule has 0 aliphatic heterocycles. The van der Waals surface area contributed by atoms with Crippen molar-refractivity contribution in [1.82, 2.24) is 14.4 Å². The summed E-state index contributed by atoms with van der Waals surface area (Å²) in [5, 5.41) is 0.819. The standard InChI is InChI=1S/C12H9IN4O2/c1-19-11(18)6-2-3-8-7(4-6)9-10(13)15-5-17(9)12(14)16-8/h2-5H,1H3,(H2,14,16). The molecule has 0 spiro atoms. The fourth-order valence-corrected chi connectivity index (χ4v) is 2.66. The summed E-state index contributed by atoms with van der Waals surface area (Å²) in [5.41, 5.74) is 7.91. The minimum atomic E-state index is -0.383. The number of halogens is 1. The maximum Gasteiger partial charge on any atom is 0.337 e. The molecule has 0 aliphatic carbocycles. The van der Waals surface area contributed by atoms with Crippen LogP contribution in [0.1, 0.15) is 10.4 Å². The summed E-state index contributed by atoms with van der Waals surface area (Å²) < 4.78 is 7.23. The molecule has 2 N–H and O–H groups in total. The minimum absolute atomic E-state index is 0.365. The Bertz CT molecular complexity index is 812. The Labute approximate surface area is 121 Å². The van der Waals surface area contributed by atoms with Crippen LogP contribution in [-0.2, 0) is 4.74 Å². The number of nitrogens with zero attached hydrogens (tertiary/aromatic N) is 3. The van der Waals surface area contributed by atoms with Gasteiger partial charge in [0.2, 0.25) is 5.95 Å². The molecule has 96 valence electrons. The summed E-state index contributed by atoms with van der Waals surface area (Å²) >= 11 is 2.12. The Morgan fingerprint density at radius 2 is 2.26 bits per heavy atom. The number of aromatic nitrogens is 3. The van der Waals surface area contributed by atoms with E-state index in [4.69, 9.17) is 10.5 Å². The van der Waals surface area contributed by atoms with Crippen molar-refractivity contribution in [3.8, 4) is 0 Å². The highest BCUT2D eigenvalue weighted by Crippen LogP contribution is 2.25. The number of methoxy groups -OCH3 is 1. The van der Waals surface area contributed by atoms with E-state index in [2.05, 4.69) is 32.6 Å². The lowest BCUT2D eigenvalue weighted by atomic mass is 10.1. The largest absolute Gasteiger partial charge is 0.465 e. The van der Waals surface area contributed by atoms with Gasteiger partial charge in [-0.15, -0.1) is 0 Å². The molecule has 0 bridgehead atoms. The molecule has 1 aromatic carbocycles. The number of anilines is 1. The maximum absolute atomic E-state index is 11.6. The highest BCUT2D eigenvalue weighted by Gasteiger charge is 2.13. The van der Waals surface area contributed by atoms with Crippen molar-refractivity contribution in [3.63, 3.8) is 0 Å². The first-order chi connectivity index (χ1) is 9.11. The predicted molar refractivity (Wildman–Crippen MR) is 79.0 cm³/mol. The molecule has 0 fully saturated rings. The van der Waals surface area contributed by atoms with Crippen LogP contribution in [0.5, 0.6) is 0 Å². The van der Waals surface area contributed by atoms with Crippen LogP contribution in [0, 0.1) is 3.70 Å². The van der Waals surface area contributed by atoms with Crippen LogP contribution in [0.2, 0.25) is 0 Å². The van der Waals surface area contributed by atoms with E-state index in [1.54, 1.807) is 28.9 Å². The highest BCUT2D eigenvalue weighted by molar-refractivity contribution is 14.1. The first-order valence-electron chi connectivity index (χ1n) is 5.42. The summed E-state index contributed by atoms with van der Waals surface area (Å²) in [6.07, 6.45) is 1.61. The molecule has 7 heteroatoms. The normalized spacial score (nSPS) is 11.1. The molecule has 0 saturated heterocycles. The van der Waals surface area contributed by atoms with Gasteiger partial charge in [-0.05, 0) is 40.8 Å². The number of rotatable bonds is 1. The summed E-state index contributed by atoms with van der Waals surface area (Å²) in [6.45, 7) is 0. The summed E-state index contributed by atoms with van der Waals surface area (Å²) in [4.78, 5) is 20.1. The lowest BCUT2D eigenvalue weighted by Crippen LogP contribution is -2.03. The van der Waals surface area contributed by atoms with Gasteiger partial charge in [0.25, 0.3) is 0 Å². The molecule has 0 atom stereocenters. The molecule has 3 aromatic rings. The number of nitrogen functional groups attached to an aromatic ring is 1. The number of hydrogen-bond acceptors (Lipinski definition) is 5. The second-order valence-electron chi connectivity index (χ2n) is 3.95. The Morgan fingerprint density at radius 1 is 1.47 bits per heavy atom. The number of benzene rings is 1. The quantitative estimate of drug-likeness (QED) is 0.524. The SMILES string of the molecule is COC(=O)c1ccc2nc(N)n3cnc(I)c3c2c1. The van der Waals surface area contributed by atoms with E-state index < -0.39 is 0 Å². The second kappa shape index (κ2) is 4.34. The molecular weight excluding hydrogens is 359 g/mol. The van der Waals surface area contributed by atoms with Crippen molar-refractivity contribution in [1.29, 1.82) is 0 Å². The van der Waals surface area contributed by atoms with Crippen LogP contribution in [0.25, 0.3) is 16.4 Å². The van der Waals surface area contributed by atoms with Crippen LogP contribution >= 0.6 is 22.6 Å². The van der Waals surface area contributed by atoms with Crippen molar-refractivity contribution < 1.29 is 9.53 Å². The molecule has 3 rings (SSSR count). The number of carbonyl (C=O) groups is 1. The van der Waals surface area contributed by atoms with Gasteiger partial charge < -0.3 is 10.5 Å². The zero-order chi connectivity index (χ0) is 13.6. The van der Waals surface area contributed by atoms with Crippen molar-refractivity contribution in [2.24, 2.45) is 0 Å². The third-order valence-corrected chi connectivity index (χ3v) is 3.67. The number of ether oxygens (including phenoxy) is 1. The van der Waals surface area contributed by atoms with Gasteiger partial charge in [0.05, 0.1) is 23.7 Å². The number of fused-ring (bicyclic) bond motifs is 3. The molecule has 0 saturated carbocycles. The Kier molecular flexibility index (Phi) is 2.77. The van der Waals surface area contributed by atoms with Crippen molar-refractivity contribution in [2.45, 2.75) is 0 Å². The zero-order valence-corrected chi connectivity index (χ0v) is 12.1. The van der Waals surface area contributed by atoms with Gasteiger partial charge in [-0.25, -0.2) is 14.8 Å². The van der Waals surface area contributed by atoms with Gasteiger partial charge >= 0.3 is 5.97 Å². The molecule has 0 radical (unpaired) electrons. The summed E-state index contributed by atoms with van der Waals surface area (Å²) in [6, 6.07) is 5.16. The van der Waals surface area contributed by atoms with Gasteiger partial charge in [-0.1, -0.05) is 0 Å². The Morgan fingerprint density at radius 3 is 3.00 bits per heavy atom. The second-order valence-corrected chi connectivity index (χ2v) is 4.97. The first-order valence-corrected chi connectivity index (χ1v) is 6.50. The number of hydrogen-bond donors (Lipinski definition) is 1. The highest BCUT2D eigenvalue weighted by atomic mass is 127. The van der Waals surface area contributed by atoms with Crippen LogP contribution in [0.3, 0.4) is 0 Å².